The summed E-state index contributed by atoms with van der Waals surface area (Å²) in [6.07, 6.45) is 3.04. The van der Waals surface area contributed by atoms with Crippen molar-refractivity contribution in [3.8, 4) is 5.75 Å². The SMILES string of the molecule is C[C@@H]1CN([C@@H](C)CO)C(=O)c2cc(NS(C)(=O)=O)ccc2O[C@@H](C)CCCCO[C@H]1CN(C)Cc1ccc(C(=O)O)cc1. The van der Waals surface area contributed by atoms with E-state index in [0.717, 1.165) is 31.1 Å². The van der Waals surface area contributed by atoms with Gasteiger partial charge in [0.1, 0.15) is 5.75 Å². The normalized spacial score (nSPS) is 21.4. The van der Waals surface area contributed by atoms with Crippen LogP contribution in [0.5, 0.6) is 5.75 Å². The first-order valence-electron chi connectivity index (χ1n) is 14.6. The van der Waals surface area contributed by atoms with Gasteiger partial charge in [-0.3, -0.25) is 14.4 Å². The maximum Gasteiger partial charge on any atom is 0.335 e. The Kier molecular flexibility index (Phi) is 12.4. The molecule has 1 aliphatic heterocycles. The van der Waals surface area contributed by atoms with Gasteiger partial charge < -0.3 is 24.6 Å². The molecule has 0 fully saturated rings. The highest BCUT2D eigenvalue weighted by atomic mass is 32.2. The summed E-state index contributed by atoms with van der Waals surface area (Å²) in [5.41, 5.74) is 1.66. The van der Waals surface area contributed by atoms with E-state index in [1.807, 2.05) is 20.9 Å². The van der Waals surface area contributed by atoms with Gasteiger partial charge in [0.2, 0.25) is 10.0 Å². The minimum atomic E-state index is -3.57. The van der Waals surface area contributed by atoms with Gasteiger partial charge in [-0.1, -0.05) is 19.1 Å². The van der Waals surface area contributed by atoms with Crippen molar-refractivity contribution in [3.63, 3.8) is 0 Å². The lowest BCUT2D eigenvalue weighted by Crippen LogP contribution is -2.47. The Morgan fingerprint density at radius 1 is 1.16 bits per heavy atom. The number of carboxylic acids is 1. The van der Waals surface area contributed by atoms with Gasteiger partial charge in [0.25, 0.3) is 5.91 Å². The molecule has 0 unspecified atom stereocenters. The number of likely N-dealkylation sites (N-methyl/N-ethyl adjacent to an activating group) is 1. The lowest BCUT2D eigenvalue weighted by molar-refractivity contribution is -0.0177. The number of hydrogen-bond acceptors (Lipinski definition) is 8. The Balaban J connectivity index is 1.89. The fourth-order valence-electron chi connectivity index (χ4n) is 5.10. The number of nitrogens with zero attached hydrogens (tertiary/aromatic N) is 2. The van der Waals surface area contributed by atoms with Crippen LogP contribution in [-0.2, 0) is 21.3 Å². The van der Waals surface area contributed by atoms with E-state index in [-0.39, 0.29) is 54.0 Å². The topological polar surface area (TPSA) is 146 Å². The van der Waals surface area contributed by atoms with Crippen LogP contribution < -0.4 is 9.46 Å². The number of anilines is 1. The van der Waals surface area contributed by atoms with E-state index in [9.17, 15) is 28.2 Å². The Bertz CT molecular complexity index is 1340. The number of hydrogen-bond donors (Lipinski definition) is 3. The van der Waals surface area contributed by atoms with Crippen LogP contribution in [0.25, 0.3) is 0 Å². The summed E-state index contributed by atoms with van der Waals surface area (Å²) >= 11 is 0. The number of fused-ring (bicyclic) bond motifs is 1. The number of ether oxygens (including phenoxy) is 2. The maximum absolute atomic E-state index is 14.1. The smallest absolute Gasteiger partial charge is 0.335 e. The summed E-state index contributed by atoms with van der Waals surface area (Å²) in [7, 11) is -1.61. The van der Waals surface area contributed by atoms with Gasteiger partial charge in [-0.25, -0.2) is 13.2 Å². The number of carbonyl (C=O) groups is 2. The zero-order valence-electron chi connectivity index (χ0n) is 25.7. The Morgan fingerprint density at radius 3 is 2.49 bits per heavy atom. The first kappa shape index (κ1) is 34.3. The number of sulfonamides is 1. The number of nitrogens with one attached hydrogen (secondary N) is 1. The molecule has 3 N–H and O–H groups in total. The van der Waals surface area contributed by atoms with Crippen molar-refractivity contribution in [1.82, 2.24) is 9.80 Å². The third kappa shape index (κ3) is 10.5. The van der Waals surface area contributed by atoms with E-state index < -0.39 is 22.0 Å². The largest absolute Gasteiger partial charge is 0.490 e. The molecule has 0 saturated carbocycles. The van der Waals surface area contributed by atoms with Crippen molar-refractivity contribution in [2.75, 3.05) is 44.3 Å². The first-order chi connectivity index (χ1) is 20.3. The van der Waals surface area contributed by atoms with Crippen molar-refractivity contribution >= 4 is 27.6 Å². The number of carbonyl (C=O) groups excluding carboxylic acids is 1. The standard InChI is InChI=1S/C31H45N3O8S/c1-21-17-34(22(2)20-35)30(36)27-16-26(32-43(5,39)40)13-14-28(27)42-23(3)8-6-7-15-41-29(21)19-33(4)18-24-9-11-25(12-10-24)31(37)38/h9-14,16,21-23,29,32,35H,6-8,15,17-20H2,1-5H3,(H,37,38)/t21-,22+,23+,29+/m1/s1. The minimum Gasteiger partial charge on any atom is -0.490 e. The molecule has 12 heteroatoms. The van der Waals surface area contributed by atoms with Crippen molar-refractivity contribution in [2.24, 2.45) is 5.92 Å². The first-order valence-corrected chi connectivity index (χ1v) is 16.5. The molecular formula is C31H45N3O8S. The van der Waals surface area contributed by atoms with E-state index in [0.29, 0.717) is 25.4 Å². The monoisotopic (exact) mass is 619 g/mol. The average Bonchev–Trinajstić information content (AvgIpc) is 2.94. The second-order valence-corrected chi connectivity index (χ2v) is 13.3. The number of amides is 1. The van der Waals surface area contributed by atoms with Gasteiger partial charge in [0.05, 0.1) is 42.2 Å². The fraction of sp³-hybridized carbons (Fsp3) is 0.548. The van der Waals surface area contributed by atoms with Crippen LogP contribution in [-0.4, -0.2) is 98.2 Å². The molecular weight excluding hydrogens is 574 g/mol. The third-order valence-electron chi connectivity index (χ3n) is 7.50. The summed E-state index contributed by atoms with van der Waals surface area (Å²) in [5.74, 6) is -1.11. The summed E-state index contributed by atoms with van der Waals surface area (Å²) in [5, 5.41) is 19.3. The molecule has 1 amide bonds. The number of carboxylic acid groups (broad SMARTS) is 1. The quantitative estimate of drug-likeness (QED) is 0.383. The van der Waals surface area contributed by atoms with E-state index in [2.05, 4.69) is 9.62 Å². The highest BCUT2D eigenvalue weighted by molar-refractivity contribution is 7.92. The lowest BCUT2D eigenvalue weighted by atomic mass is 10.0. The number of benzene rings is 2. The summed E-state index contributed by atoms with van der Waals surface area (Å²) in [6, 6.07) is 10.9. The summed E-state index contributed by atoms with van der Waals surface area (Å²) in [6.45, 7) is 7.42. The third-order valence-corrected chi connectivity index (χ3v) is 8.11. The number of aliphatic hydroxyl groups is 1. The number of aromatic carboxylic acids is 1. The molecule has 3 rings (SSSR count). The van der Waals surface area contributed by atoms with Gasteiger partial charge in [-0.05, 0) is 76.1 Å². The predicted octanol–water partition coefficient (Wildman–Crippen LogP) is 3.68. The van der Waals surface area contributed by atoms with Gasteiger partial charge in [-0.2, -0.15) is 0 Å². The number of aliphatic hydroxyl groups excluding tert-OH is 1. The molecule has 43 heavy (non-hydrogen) atoms. The fourth-order valence-corrected chi connectivity index (χ4v) is 5.65. The van der Waals surface area contributed by atoms with Gasteiger partial charge >= 0.3 is 5.97 Å². The average molecular weight is 620 g/mol. The summed E-state index contributed by atoms with van der Waals surface area (Å²) < 4.78 is 38.8. The van der Waals surface area contributed by atoms with Crippen LogP contribution in [0.2, 0.25) is 0 Å². The van der Waals surface area contributed by atoms with Gasteiger partial charge in [0, 0.05) is 37.8 Å². The van der Waals surface area contributed by atoms with Crippen molar-refractivity contribution in [2.45, 2.75) is 64.8 Å². The Labute approximate surface area is 254 Å². The number of rotatable bonds is 9. The molecule has 0 spiro atoms. The lowest BCUT2D eigenvalue weighted by Gasteiger charge is -2.36. The molecule has 1 aliphatic rings. The predicted molar refractivity (Wildman–Crippen MR) is 165 cm³/mol. The second-order valence-electron chi connectivity index (χ2n) is 11.6. The highest BCUT2D eigenvalue weighted by Gasteiger charge is 2.30. The molecule has 238 valence electrons. The molecule has 0 aromatic heterocycles. The van der Waals surface area contributed by atoms with E-state index in [1.165, 1.54) is 6.07 Å². The zero-order chi connectivity index (χ0) is 31.7. The molecule has 0 bridgehead atoms. The highest BCUT2D eigenvalue weighted by Crippen LogP contribution is 2.29. The van der Waals surface area contributed by atoms with Gasteiger partial charge in [0.15, 0.2) is 0 Å². The molecule has 0 aliphatic carbocycles. The van der Waals surface area contributed by atoms with E-state index >= 15 is 0 Å². The van der Waals surface area contributed by atoms with Crippen LogP contribution >= 0.6 is 0 Å². The maximum atomic E-state index is 14.1. The minimum absolute atomic E-state index is 0.127. The molecule has 11 nitrogen and oxygen atoms in total. The van der Waals surface area contributed by atoms with Crippen molar-refractivity contribution in [3.05, 3.63) is 59.2 Å². The molecule has 1 heterocycles. The molecule has 2 aromatic carbocycles. The van der Waals surface area contributed by atoms with Crippen molar-refractivity contribution in [1.29, 1.82) is 0 Å². The Hall–Kier alpha value is -3.19. The van der Waals surface area contributed by atoms with Crippen LogP contribution in [0.4, 0.5) is 5.69 Å². The van der Waals surface area contributed by atoms with Gasteiger partial charge in [-0.15, -0.1) is 0 Å². The van der Waals surface area contributed by atoms with Crippen LogP contribution in [0.15, 0.2) is 42.5 Å². The second kappa shape index (κ2) is 15.5. The molecule has 4 atom stereocenters. The summed E-state index contributed by atoms with van der Waals surface area (Å²) in [4.78, 5) is 29.0. The van der Waals surface area contributed by atoms with Crippen LogP contribution in [0, 0.1) is 5.92 Å². The van der Waals surface area contributed by atoms with E-state index in [1.54, 1.807) is 48.2 Å². The van der Waals surface area contributed by atoms with E-state index in [4.69, 9.17) is 9.47 Å². The molecule has 2 aromatic rings. The molecule has 0 radical (unpaired) electrons. The van der Waals surface area contributed by atoms with Crippen LogP contribution in [0.3, 0.4) is 0 Å². The van der Waals surface area contributed by atoms with Crippen LogP contribution in [0.1, 0.15) is 66.3 Å². The zero-order valence-corrected chi connectivity index (χ0v) is 26.5. The Morgan fingerprint density at radius 2 is 1.86 bits per heavy atom. The molecule has 0 saturated heterocycles. The van der Waals surface area contributed by atoms with Crippen molar-refractivity contribution < 1.29 is 37.7 Å².